The van der Waals surface area contributed by atoms with Crippen LogP contribution < -0.4 is 16.0 Å². The molecule has 2 aromatic heterocycles. The van der Waals surface area contributed by atoms with Gasteiger partial charge in [-0.05, 0) is 5.92 Å². The molecule has 0 spiro atoms. The standard InChI is InChI=1S/C17H27N7O4/c1-8(2)10(18)16(27)22-11-9(5-25)28-17(13(11)26)24-7-21-12-14(23(3)4)19-6-20-15(12)24/h6-11,13,17,25-26H,5,18H2,1-4H3,(H,22,27)/t9-,10+,11-,13-,17-/m1/s1. The quantitative estimate of drug-likeness (QED) is 0.465. The molecule has 0 saturated carbocycles. The van der Waals surface area contributed by atoms with Crippen LogP contribution in [-0.2, 0) is 9.53 Å². The van der Waals surface area contributed by atoms with E-state index in [0.717, 1.165) is 0 Å². The Bertz CT molecular complexity index is 840. The predicted molar refractivity (Wildman–Crippen MR) is 101 cm³/mol. The molecule has 1 saturated heterocycles. The van der Waals surface area contributed by atoms with Crippen molar-refractivity contribution in [3.8, 4) is 0 Å². The average molecular weight is 393 g/mol. The molecule has 5 N–H and O–H groups in total. The van der Waals surface area contributed by atoms with Gasteiger partial charge in [-0.1, -0.05) is 13.8 Å². The fourth-order valence-corrected chi connectivity index (χ4v) is 3.22. The van der Waals surface area contributed by atoms with Crippen LogP contribution >= 0.6 is 0 Å². The maximum Gasteiger partial charge on any atom is 0.237 e. The second-order valence-corrected chi connectivity index (χ2v) is 7.46. The fourth-order valence-electron chi connectivity index (χ4n) is 3.22. The van der Waals surface area contributed by atoms with Gasteiger partial charge < -0.3 is 30.9 Å². The van der Waals surface area contributed by atoms with Crippen molar-refractivity contribution in [1.82, 2.24) is 24.8 Å². The molecule has 0 aromatic carbocycles. The maximum absolute atomic E-state index is 12.3. The number of nitrogens with one attached hydrogen (secondary N) is 1. The van der Waals surface area contributed by atoms with Gasteiger partial charge in [0.05, 0.1) is 25.0 Å². The van der Waals surface area contributed by atoms with E-state index < -0.39 is 36.4 Å². The Morgan fingerprint density at radius 3 is 2.71 bits per heavy atom. The molecule has 1 aliphatic heterocycles. The molecular formula is C17H27N7O4. The van der Waals surface area contributed by atoms with Crippen LogP contribution in [0.4, 0.5) is 5.82 Å². The second kappa shape index (κ2) is 7.95. The summed E-state index contributed by atoms with van der Waals surface area (Å²) in [6.45, 7) is 3.29. The number of aromatic nitrogens is 4. The number of aliphatic hydroxyl groups is 2. The van der Waals surface area contributed by atoms with Gasteiger partial charge in [-0.3, -0.25) is 9.36 Å². The first-order valence-corrected chi connectivity index (χ1v) is 9.11. The van der Waals surface area contributed by atoms with Gasteiger partial charge in [-0.2, -0.15) is 0 Å². The lowest BCUT2D eigenvalue weighted by Gasteiger charge is -2.24. The van der Waals surface area contributed by atoms with Crippen molar-refractivity contribution in [3.05, 3.63) is 12.7 Å². The SMILES string of the molecule is CC(C)[C@H](N)C(=O)N[C@H]1[C@@H](O)[C@H](n2cnc3c(N(C)C)ncnc32)O[C@@H]1CO. The molecule has 0 radical (unpaired) electrons. The number of amides is 1. The van der Waals surface area contributed by atoms with Crippen LogP contribution in [0.5, 0.6) is 0 Å². The molecule has 0 aliphatic carbocycles. The number of nitrogens with two attached hydrogens (primary N) is 1. The minimum absolute atomic E-state index is 0.0680. The van der Waals surface area contributed by atoms with Crippen LogP contribution in [0.15, 0.2) is 12.7 Å². The molecule has 154 valence electrons. The van der Waals surface area contributed by atoms with E-state index in [-0.39, 0.29) is 12.5 Å². The number of rotatable bonds is 6. The van der Waals surface area contributed by atoms with Crippen LogP contribution in [0.3, 0.4) is 0 Å². The van der Waals surface area contributed by atoms with E-state index >= 15 is 0 Å². The smallest absolute Gasteiger partial charge is 0.237 e. The molecule has 3 heterocycles. The van der Waals surface area contributed by atoms with Gasteiger partial charge in [-0.25, -0.2) is 15.0 Å². The number of hydrogen-bond acceptors (Lipinski definition) is 9. The molecule has 2 aromatic rings. The second-order valence-electron chi connectivity index (χ2n) is 7.46. The molecule has 5 atom stereocenters. The zero-order chi connectivity index (χ0) is 20.6. The van der Waals surface area contributed by atoms with Crippen LogP contribution in [0.1, 0.15) is 20.1 Å². The number of nitrogens with zero attached hydrogens (tertiary/aromatic N) is 5. The normalized spacial score (nSPS) is 26.0. The van der Waals surface area contributed by atoms with Gasteiger partial charge in [0.2, 0.25) is 5.91 Å². The fraction of sp³-hybridized carbons (Fsp3) is 0.647. The highest BCUT2D eigenvalue weighted by Crippen LogP contribution is 2.32. The monoisotopic (exact) mass is 393 g/mol. The molecule has 0 unspecified atom stereocenters. The van der Waals surface area contributed by atoms with Crippen LogP contribution in [0.25, 0.3) is 11.2 Å². The van der Waals surface area contributed by atoms with Crippen molar-refractivity contribution in [1.29, 1.82) is 0 Å². The molecule has 11 heteroatoms. The zero-order valence-corrected chi connectivity index (χ0v) is 16.4. The summed E-state index contributed by atoms with van der Waals surface area (Å²) in [6, 6.07) is -1.55. The number of hydrogen-bond donors (Lipinski definition) is 4. The Morgan fingerprint density at radius 2 is 2.11 bits per heavy atom. The van der Waals surface area contributed by atoms with Gasteiger partial charge >= 0.3 is 0 Å². The third-order valence-electron chi connectivity index (χ3n) is 4.92. The highest BCUT2D eigenvalue weighted by Gasteiger charge is 2.46. The summed E-state index contributed by atoms with van der Waals surface area (Å²) in [6.07, 6.45) is 0.0968. The summed E-state index contributed by atoms with van der Waals surface area (Å²) in [5.41, 5.74) is 6.92. The van der Waals surface area contributed by atoms with Gasteiger partial charge in [0.1, 0.15) is 18.5 Å². The van der Waals surface area contributed by atoms with E-state index in [1.165, 1.54) is 12.7 Å². The molecule has 28 heavy (non-hydrogen) atoms. The minimum atomic E-state index is -1.13. The number of imidazole rings is 1. The predicted octanol–water partition coefficient (Wildman–Crippen LogP) is -1.39. The van der Waals surface area contributed by atoms with Gasteiger partial charge in [0.15, 0.2) is 23.2 Å². The summed E-state index contributed by atoms with van der Waals surface area (Å²) in [5.74, 6) is 0.152. The Balaban J connectivity index is 1.89. The Kier molecular flexibility index (Phi) is 5.79. The largest absolute Gasteiger partial charge is 0.394 e. The third-order valence-corrected chi connectivity index (χ3v) is 4.92. The number of fused-ring (bicyclic) bond motifs is 1. The van der Waals surface area contributed by atoms with Gasteiger partial charge in [-0.15, -0.1) is 0 Å². The average Bonchev–Trinajstić information content (AvgIpc) is 3.22. The van der Waals surface area contributed by atoms with Crippen molar-refractivity contribution < 1.29 is 19.7 Å². The molecular weight excluding hydrogens is 366 g/mol. The summed E-state index contributed by atoms with van der Waals surface area (Å²) in [4.78, 5) is 27.0. The van der Waals surface area contributed by atoms with Crippen molar-refractivity contribution in [2.24, 2.45) is 11.7 Å². The number of carbonyl (C=O) groups is 1. The molecule has 1 amide bonds. The first kappa shape index (κ1) is 20.4. The van der Waals surface area contributed by atoms with Crippen molar-refractivity contribution in [2.75, 3.05) is 25.6 Å². The maximum atomic E-state index is 12.3. The van der Waals surface area contributed by atoms with E-state index in [1.54, 1.807) is 9.47 Å². The highest BCUT2D eigenvalue weighted by atomic mass is 16.5. The molecule has 1 aliphatic rings. The summed E-state index contributed by atoms with van der Waals surface area (Å²) < 4.78 is 7.40. The number of anilines is 1. The number of aliphatic hydroxyl groups excluding tert-OH is 2. The zero-order valence-electron chi connectivity index (χ0n) is 16.4. The summed E-state index contributed by atoms with van der Waals surface area (Å²) in [7, 11) is 3.68. The topological polar surface area (TPSA) is 152 Å². The van der Waals surface area contributed by atoms with E-state index in [0.29, 0.717) is 17.0 Å². The van der Waals surface area contributed by atoms with Crippen LogP contribution in [0, 0.1) is 5.92 Å². The van der Waals surface area contributed by atoms with Crippen molar-refractivity contribution in [2.45, 2.75) is 44.4 Å². The van der Waals surface area contributed by atoms with Crippen LogP contribution in [0.2, 0.25) is 0 Å². The Hall–Kier alpha value is -2.34. The van der Waals surface area contributed by atoms with Crippen LogP contribution in [-0.4, -0.2) is 80.6 Å². The Labute approximate surface area is 162 Å². The Morgan fingerprint density at radius 1 is 1.39 bits per heavy atom. The van der Waals surface area contributed by atoms with Gasteiger partial charge in [0.25, 0.3) is 0 Å². The molecule has 3 rings (SSSR count). The third kappa shape index (κ3) is 3.53. The number of carbonyl (C=O) groups excluding carboxylic acids is 1. The lowest BCUT2D eigenvalue weighted by Crippen LogP contribution is -2.54. The summed E-state index contributed by atoms with van der Waals surface area (Å²) in [5, 5.41) is 23.2. The number of ether oxygens (including phenoxy) is 1. The van der Waals surface area contributed by atoms with E-state index in [2.05, 4.69) is 20.3 Å². The lowest BCUT2D eigenvalue weighted by atomic mass is 10.0. The molecule has 1 fully saturated rings. The first-order valence-electron chi connectivity index (χ1n) is 9.11. The molecule has 0 bridgehead atoms. The minimum Gasteiger partial charge on any atom is -0.394 e. The van der Waals surface area contributed by atoms with Crippen molar-refractivity contribution >= 4 is 22.9 Å². The lowest BCUT2D eigenvalue weighted by molar-refractivity contribution is -0.125. The first-order chi connectivity index (χ1) is 13.3. The van der Waals surface area contributed by atoms with E-state index in [1.807, 2.05) is 27.9 Å². The van der Waals surface area contributed by atoms with E-state index in [4.69, 9.17) is 10.5 Å². The van der Waals surface area contributed by atoms with Crippen molar-refractivity contribution in [3.63, 3.8) is 0 Å². The highest BCUT2D eigenvalue weighted by molar-refractivity contribution is 5.83. The summed E-state index contributed by atoms with van der Waals surface area (Å²) >= 11 is 0. The van der Waals surface area contributed by atoms with Gasteiger partial charge in [0, 0.05) is 14.1 Å². The van der Waals surface area contributed by atoms with E-state index in [9.17, 15) is 15.0 Å². The molecule has 11 nitrogen and oxygen atoms in total.